The third-order valence-electron chi connectivity index (χ3n) is 3.31. The molecule has 96 valence electrons. The minimum absolute atomic E-state index is 0.0206. The van der Waals surface area contributed by atoms with Gasteiger partial charge in [0.15, 0.2) is 0 Å². The number of aliphatic hydroxyl groups excluding tert-OH is 1. The van der Waals surface area contributed by atoms with Gasteiger partial charge in [-0.2, -0.15) is 0 Å². The standard InChI is InChI=1S/C12H18BrNO2S/c13-10-5-11(17-7-10)6-14-8-12(9-15)1-3-16-4-2-12/h5,7,14-15H,1-4,6,8-9H2. The average molecular weight is 320 g/mol. The molecule has 2 rings (SSSR count). The molecule has 0 spiro atoms. The second kappa shape index (κ2) is 6.29. The molecule has 0 amide bonds. The summed E-state index contributed by atoms with van der Waals surface area (Å²) >= 11 is 5.20. The highest BCUT2D eigenvalue weighted by Crippen LogP contribution is 2.29. The van der Waals surface area contributed by atoms with Gasteiger partial charge in [0, 0.05) is 46.4 Å². The zero-order chi connectivity index (χ0) is 12.1. The van der Waals surface area contributed by atoms with E-state index in [9.17, 15) is 5.11 Å². The number of aliphatic hydroxyl groups is 1. The number of thiophene rings is 1. The van der Waals surface area contributed by atoms with Crippen molar-refractivity contribution in [3.8, 4) is 0 Å². The van der Waals surface area contributed by atoms with E-state index in [1.54, 1.807) is 11.3 Å². The van der Waals surface area contributed by atoms with Crippen LogP contribution in [0.25, 0.3) is 0 Å². The molecule has 17 heavy (non-hydrogen) atoms. The van der Waals surface area contributed by atoms with Crippen molar-refractivity contribution in [2.24, 2.45) is 5.41 Å². The van der Waals surface area contributed by atoms with Crippen molar-refractivity contribution in [2.45, 2.75) is 19.4 Å². The molecule has 0 aromatic carbocycles. The lowest BCUT2D eigenvalue weighted by molar-refractivity contribution is -0.0153. The van der Waals surface area contributed by atoms with Gasteiger partial charge in [0.2, 0.25) is 0 Å². The normalized spacial score (nSPS) is 19.4. The van der Waals surface area contributed by atoms with Crippen LogP contribution in [-0.4, -0.2) is 31.5 Å². The molecule has 5 heteroatoms. The van der Waals surface area contributed by atoms with Crippen LogP contribution in [0.5, 0.6) is 0 Å². The molecule has 2 heterocycles. The minimum Gasteiger partial charge on any atom is -0.396 e. The summed E-state index contributed by atoms with van der Waals surface area (Å²) in [4.78, 5) is 1.32. The quantitative estimate of drug-likeness (QED) is 0.875. The number of rotatable bonds is 5. The summed E-state index contributed by atoms with van der Waals surface area (Å²) in [5, 5.41) is 15.1. The molecule has 0 aliphatic carbocycles. The van der Waals surface area contributed by atoms with Crippen LogP contribution in [-0.2, 0) is 11.3 Å². The highest BCUT2D eigenvalue weighted by atomic mass is 79.9. The largest absolute Gasteiger partial charge is 0.396 e. The lowest BCUT2D eigenvalue weighted by Crippen LogP contribution is -2.41. The number of ether oxygens (including phenoxy) is 1. The van der Waals surface area contributed by atoms with E-state index in [1.807, 2.05) is 0 Å². The lowest BCUT2D eigenvalue weighted by Gasteiger charge is -2.35. The van der Waals surface area contributed by atoms with E-state index in [2.05, 4.69) is 32.7 Å². The third-order valence-corrected chi connectivity index (χ3v) is 5.01. The zero-order valence-corrected chi connectivity index (χ0v) is 12.1. The van der Waals surface area contributed by atoms with Crippen LogP contribution in [0.15, 0.2) is 15.9 Å². The Kier molecular flexibility index (Phi) is 4.99. The predicted octanol–water partition coefficient (Wildman–Crippen LogP) is 2.39. The van der Waals surface area contributed by atoms with E-state index in [-0.39, 0.29) is 12.0 Å². The molecule has 2 N–H and O–H groups in total. The van der Waals surface area contributed by atoms with Crippen LogP contribution in [0, 0.1) is 5.41 Å². The smallest absolute Gasteiger partial charge is 0.0501 e. The van der Waals surface area contributed by atoms with E-state index in [0.29, 0.717) is 0 Å². The first-order valence-electron chi connectivity index (χ1n) is 5.86. The molecule has 0 saturated carbocycles. The Hall–Kier alpha value is 0.0600. The fraction of sp³-hybridized carbons (Fsp3) is 0.667. The van der Waals surface area contributed by atoms with Crippen molar-refractivity contribution in [2.75, 3.05) is 26.4 Å². The molecule has 0 atom stereocenters. The van der Waals surface area contributed by atoms with Crippen molar-refractivity contribution >= 4 is 27.3 Å². The van der Waals surface area contributed by atoms with Crippen molar-refractivity contribution in [3.05, 3.63) is 20.8 Å². The summed E-state index contributed by atoms with van der Waals surface area (Å²) in [6.45, 7) is 3.53. The predicted molar refractivity (Wildman–Crippen MR) is 73.3 cm³/mol. The molecule has 0 bridgehead atoms. The Morgan fingerprint density at radius 3 is 2.82 bits per heavy atom. The second-order valence-electron chi connectivity index (χ2n) is 4.61. The molecule has 1 saturated heterocycles. The first-order chi connectivity index (χ1) is 8.24. The Morgan fingerprint density at radius 2 is 2.24 bits per heavy atom. The van der Waals surface area contributed by atoms with Gasteiger partial charge in [-0.1, -0.05) is 0 Å². The third kappa shape index (κ3) is 3.76. The van der Waals surface area contributed by atoms with Gasteiger partial charge in [-0.05, 0) is 34.8 Å². The van der Waals surface area contributed by atoms with Gasteiger partial charge in [-0.25, -0.2) is 0 Å². The van der Waals surface area contributed by atoms with Crippen molar-refractivity contribution in [1.29, 1.82) is 0 Å². The van der Waals surface area contributed by atoms with Gasteiger partial charge in [0.1, 0.15) is 0 Å². The molecule has 1 aromatic heterocycles. The summed E-state index contributed by atoms with van der Waals surface area (Å²) in [5.41, 5.74) is 0.0206. The van der Waals surface area contributed by atoms with Gasteiger partial charge in [-0.15, -0.1) is 11.3 Å². The molecular weight excluding hydrogens is 302 g/mol. The maximum Gasteiger partial charge on any atom is 0.0501 e. The summed E-state index contributed by atoms with van der Waals surface area (Å²) in [7, 11) is 0. The fourth-order valence-corrected chi connectivity index (χ4v) is 3.51. The Labute approximate surface area is 114 Å². The first-order valence-corrected chi connectivity index (χ1v) is 7.54. The van der Waals surface area contributed by atoms with Gasteiger partial charge >= 0.3 is 0 Å². The monoisotopic (exact) mass is 319 g/mol. The van der Waals surface area contributed by atoms with E-state index in [4.69, 9.17) is 4.74 Å². The van der Waals surface area contributed by atoms with Crippen LogP contribution in [0.4, 0.5) is 0 Å². The molecule has 0 unspecified atom stereocenters. The van der Waals surface area contributed by atoms with Gasteiger partial charge in [0.25, 0.3) is 0 Å². The number of hydrogen-bond donors (Lipinski definition) is 2. The summed E-state index contributed by atoms with van der Waals surface area (Å²) < 4.78 is 6.49. The van der Waals surface area contributed by atoms with Crippen LogP contribution < -0.4 is 5.32 Å². The SMILES string of the molecule is OCC1(CNCc2cc(Br)cs2)CCOCC1. The molecule has 1 fully saturated rings. The lowest BCUT2D eigenvalue weighted by atomic mass is 9.81. The van der Waals surface area contributed by atoms with Crippen molar-refractivity contribution < 1.29 is 9.84 Å². The van der Waals surface area contributed by atoms with E-state index in [0.717, 1.165) is 43.6 Å². The zero-order valence-electron chi connectivity index (χ0n) is 9.75. The molecule has 3 nitrogen and oxygen atoms in total. The van der Waals surface area contributed by atoms with Gasteiger partial charge < -0.3 is 15.2 Å². The average Bonchev–Trinajstić information content (AvgIpc) is 2.76. The number of hydrogen-bond acceptors (Lipinski definition) is 4. The number of nitrogens with one attached hydrogen (secondary N) is 1. The topological polar surface area (TPSA) is 41.5 Å². The van der Waals surface area contributed by atoms with Crippen LogP contribution in [0.1, 0.15) is 17.7 Å². The molecule has 0 radical (unpaired) electrons. The molecular formula is C12H18BrNO2S. The Bertz CT molecular complexity index is 350. The van der Waals surface area contributed by atoms with Gasteiger partial charge in [-0.3, -0.25) is 0 Å². The summed E-state index contributed by atoms with van der Waals surface area (Å²) in [5.74, 6) is 0. The second-order valence-corrected chi connectivity index (χ2v) is 6.52. The van der Waals surface area contributed by atoms with E-state index < -0.39 is 0 Å². The Morgan fingerprint density at radius 1 is 1.47 bits per heavy atom. The summed E-state index contributed by atoms with van der Waals surface area (Å²) in [6, 6.07) is 2.13. The fourth-order valence-electron chi connectivity index (χ4n) is 2.09. The van der Waals surface area contributed by atoms with E-state index in [1.165, 1.54) is 4.88 Å². The molecule has 1 aliphatic rings. The van der Waals surface area contributed by atoms with Crippen LogP contribution >= 0.6 is 27.3 Å². The first kappa shape index (κ1) is 13.5. The maximum absolute atomic E-state index is 9.54. The van der Waals surface area contributed by atoms with Gasteiger partial charge in [0.05, 0.1) is 6.61 Å². The molecule has 1 aliphatic heterocycles. The van der Waals surface area contributed by atoms with Crippen molar-refractivity contribution in [3.63, 3.8) is 0 Å². The maximum atomic E-state index is 9.54. The molecule has 1 aromatic rings. The van der Waals surface area contributed by atoms with Crippen LogP contribution in [0.2, 0.25) is 0 Å². The van der Waals surface area contributed by atoms with Crippen LogP contribution in [0.3, 0.4) is 0 Å². The highest BCUT2D eigenvalue weighted by molar-refractivity contribution is 9.10. The highest BCUT2D eigenvalue weighted by Gasteiger charge is 2.31. The Balaban J connectivity index is 1.79. The van der Waals surface area contributed by atoms with E-state index >= 15 is 0 Å². The number of halogens is 1. The summed E-state index contributed by atoms with van der Waals surface area (Å²) in [6.07, 6.45) is 1.90. The minimum atomic E-state index is 0.0206. The van der Waals surface area contributed by atoms with Crippen molar-refractivity contribution in [1.82, 2.24) is 5.32 Å².